The van der Waals surface area contributed by atoms with Crippen molar-refractivity contribution in [3.8, 4) is 0 Å². The van der Waals surface area contributed by atoms with Crippen LogP contribution in [-0.4, -0.2) is 15.7 Å². The van der Waals surface area contributed by atoms with Crippen LogP contribution in [0.2, 0.25) is 10.0 Å². The average Bonchev–Trinajstić information content (AvgIpc) is 2.75. The van der Waals surface area contributed by atoms with Crippen LogP contribution in [-0.2, 0) is 19.6 Å². The standard InChI is InChI=1S/C15H14Cl2F3N3O/c1-3-4-11-12(17)13(23(2)22-11)14(24)21-8-5-6-10(16)9(7-8)15(18,19)20/h5-7H,3-4H2,1-2H3,(H,21,24). The Morgan fingerprint density at radius 2 is 2.00 bits per heavy atom. The van der Waals surface area contributed by atoms with Gasteiger partial charge in [0, 0.05) is 12.7 Å². The zero-order valence-electron chi connectivity index (χ0n) is 12.8. The number of nitrogens with zero attached hydrogens (tertiary/aromatic N) is 2. The Labute approximate surface area is 146 Å². The molecule has 0 saturated heterocycles. The van der Waals surface area contributed by atoms with E-state index in [0.29, 0.717) is 12.1 Å². The SMILES string of the molecule is CCCc1nn(C)c(C(=O)Nc2ccc(Cl)c(C(F)(F)F)c2)c1Cl. The first-order valence-electron chi connectivity index (χ1n) is 7.04. The van der Waals surface area contributed by atoms with Gasteiger partial charge in [-0.1, -0.05) is 36.5 Å². The molecule has 1 amide bonds. The molecule has 4 nitrogen and oxygen atoms in total. The van der Waals surface area contributed by atoms with Crippen LogP contribution in [0.1, 0.15) is 35.1 Å². The van der Waals surface area contributed by atoms with Gasteiger partial charge in [0.05, 0.1) is 21.3 Å². The van der Waals surface area contributed by atoms with Gasteiger partial charge in [0.15, 0.2) is 0 Å². The van der Waals surface area contributed by atoms with Gasteiger partial charge in [0.2, 0.25) is 0 Å². The van der Waals surface area contributed by atoms with Gasteiger partial charge in [-0.3, -0.25) is 9.48 Å². The summed E-state index contributed by atoms with van der Waals surface area (Å²) in [4.78, 5) is 12.3. The monoisotopic (exact) mass is 379 g/mol. The molecule has 0 fully saturated rings. The van der Waals surface area contributed by atoms with E-state index in [1.165, 1.54) is 10.7 Å². The molecule has 0 saturated carbocycles. The number of carbonyl (C=O) groups excluding carboxylic acids is 1. The van der Waals surface area contributed by atoms with Crippen LogP contribution >= 0.6 is 23.2 Å². The van der Waals surface area contributed by atoms with E-state index < -0.39 is 22.7 Å². The lowest BCUT2D eigenvalue weighted by atomic mass is 10.2. The summed E-state index contributed by atoms with van der Waals surface area (Å²) < 4.78 is 39.9. The molecule has 2 aromatic rings. The third kappa shape index (κ3) is 3.84. The van der Waals surface area contributed by atoms with Gasteiger partial charge in [-0.05, 0) is 24.6 Å². The van der Waals surface area contributed by atoms with Crippen molar-refractivity contribution in [1.29, 1.82) is 0 Å². The molecular weight excluding hydrogens is 366 g/mol. The number of hydrogen-bond donors (Lipinski definition) is 1. The van der Waals surface area contributed by atoms with Crippen LogP contribution in [0.4, 0.5) is 18.9 Å². The Morgan fingerprint density at radius 3 is 2.58 bits per heavy atom. The minimum absolute atomic E-state index is 0.0361. The van der Waals surface area contributed by atoms with E-state index in [2.05, 4.69) is 10.4 Å². The molecule has 0 bridgehead atoms. The molecule has 0 atom stereocenters. The lowest BCUT2D eigenvalue weighted by Crippen LogP contribution is -2.17. The largest absolute Gasteiger partial charge is 0.417 e. The van der Waals surface area contributed by atoms with Gasteiger partial charge in [-0.25, -0.2) is 0 Å². The van der Waals surface area contributed by atoms with E-state index in [0.717, 1.165) is 18.6 Å². The van der Waals surface area contributed by atoms with Crippen LogP contribution in [0, 0.1) is 0 Å². The minimum atomic E-state index is -4.61. The van der Waals surface area contributed by atoms with Gasteiger partial charge >= 0.3 is 6.18 Å². The Bertz CT molecular complexity index is 772. The third-order valence-corrected chi connectivity index (χ3v) is 4.01. The Balaban J connectivity index is 2.31. The molecule has 1 aromatic carbocycles. The predicted molar refractivity (Wildman–Crippen MR) is 86.6 cm³/mol. The molecule has 130 valence electrons. The van der Waals surface area contributed by atoms with E-state index in [-0.39, 0.29) is 16.4 Å². The highest BCUT2D eigenvalue weighted by molar-refractivity contribution is 6.35. The highest BCUT2D eigenvalue weighted by Crippen LogP contribution is 2.36. The molecule has 0 aliphatic rings. The molecule has 0 unspecified atom stereocenters. The molecule has 0 radical (unpaired) electrons. The number of benzene rings is 1. The summed E-state index contributed by atoms with van der Waals surface area (Å²) in [5.74, 6) is -0.646. The van der Waals surface area contributed by atoms with Crippen molar-refractivity contribution < 1.29 is 18.0 Å². The number of aromatic nitrogens is 2. The van der Waals surface area contributed by atoms with E-state index >= 15 is 0 Å². The summed E-state index contributed by atoms with van der Waals surface area (Å²) in [5, 5.41) is 6.30. The molecule has 1 heterocycles. The summed E-state index contributed by atoms with van der Waals surface area (Å²) in [7, 11) is 1.54. The van der Waals surface area contributed by atoms with Crippen LogP contribution in [0.15, 0.2) is 18.2 Å². The van der Waals surface area contributed by atoms with Crippen LogP contribution in [0.5, 0.6) is 0 Å². The summed E-state index contributed by atoms with van der Waals surface area (Å²) in [6.45, 7) is 1.94. The number of hydrogen-bond acceptors (Lipinski definition) is 2. The van der Waals surface area contributed by atoms with Crippen LogP contribution in [0.25, 0.3) is 0 Å². The maximum absolute atomic E-state index is 12.9. The van der Waals surface area contributed by atoms with E-state index in [9.17, 15) is 18.0 Å². The van der Waals surface area contributed by atoms with Crippen molar-refractivity contribution in [1.82, 2.24) is 9.78 Å². The molecule has 9 heteroatoms. The first-order valence-corrected chi connectivity index (χ1v) is 7.80. The number of anilines is 1. The van der Waals surface area contributed by atoms with Crippen molar-refractivity contribution in [2.75, 3.05) is 5.32 Å². The molecule has 0 aliphatic heterocycles. The van der Waals surface area contributed by atoms with E-state index in [1.807, 2.05) is 6.92 Å². The minimum Gasteiger partial charge on any atom is -0.321 e. The number of aryl methyl sites for hydroxylation is 2. The fourth-order valence-electron chi connectivity index (χ4n) is 2.21. The first-order chi connectivity index (χ1) is 11.1. The second-order valence-corrected chi connectivity index (χ2v) is 5.91. The molecule has 0 aliphatic carbocycles. The average molecular weight is 380 g/mol. The zero-order chi connectivity index (χ0) is 18.1. The van der Waals surface area contributed by atoms with Crippen molar-refractivity contribution in [3.63, 3.8) is 0 Å². The Hall–Kier alpha value is -1.73. The van der Waals surface area contributed by atoms with Crippen LogP contribution < -0.4 is 5.32 Å². The maximum Gasteiger partial charge on any atom is 0.417 e. The maximum atomic E-state index is 12.9. The smallest absolute Gasteiger partial charge is 0.321 e. The van der Waals surface area contributed by atoms with Gasteiger partial charge in [-0.2, -0.15) is 18.3 Å². The van der Waals surface area contributed by atoms with Gasteiger partial charge in [0.1, 0.15) is 5.69 Å². The fraction of sp³-hybridized carbons (Fsp3) is 0.333. The molecule has 24 heavy (non-hydrogen) atoms. The number of rotatable bonds is 4. The summed E-state index contributed by atoms with van der Waals surface area (Å²) >= 11 is 11.7. The summed E-state index contributed by atoms with van der Waals surface area (Å²) in [6, 6.07) is 3.14. The lowest BCUT2D eigenvalue weighted by molar-refractivity contribution is -0.137. The van der Waals surface area contributed by atoms with Crippen molar-refractivity contribution in [2.45, 2.75) is 25.9 Å². The van der Waals surface area contributed by atoms with E-state index in [4.69, 9.17) is 23.2 Å². The summed E-state index contributed by atoms with van der Waals surface area (Å²) in [5.41, 5.74) is -0.404. The normalized spacial score (nSPS) is 11.6. The number of carbonyl (C=O) groups is 1. The van der Waals surface area contributed by atoms with Crippen molar-refractivity contribution >= 4 is 34.8 Å². The molecule has 0 spiro atoms. The zero-order valence-corrected chi connectivity index (χ0v) is 14.4. The Kier molecular flexibility index (Phi) is 5.45. The first kappa shape index (κ1) is 18.6. The lowest BCUT2D eigenvalue weighted by Gasteiger charge is -2.12. The number of alkyl halides is 3. The third-order valence-electron chi connectivity index (χ3n) is 3.29. The van der Waals surface area contributed by atoms with Crippen LogP contribution in [0.3, 0.4) is 0 Å². The Morgan fingerprint density at radius 1 is 1.33 bits per heavy atom. The predicted octanol–water partition coefficient (Wildman–Crippen LogP) is 4.95. The fourth-order valence-corrected chi connectivity index (χ4v) is 2.77. The number of nitrogens with one attached hydrogen (secondary N) is 1. The van der Waals surface area contributed by atoms with Gasteiger partial charge in [-0.15, -0.1) is 0 Å². The van der Waals surface area contributed by atoms with Gasteiger partial charge in [0.25, 0.3) is 5.91 Å². The molecule has 2 rings (SSSR count). The highest BCUT2D eigenvalue weighted by Gasteiger charge is 2.33. The summed E-state index contributed by atoms with van der Waals surface area (Å²) in [6.07, 6.45) is -3.22. The topological polar surface area (TPSA) is 46.9 Å². The van der Waals surface area contributed by atoms with Crippen molar-refractivity contribution in [2.24, 2.45) is 7.05 Å². The number of halogens is 5. The highest BCUT2D eigenvalue weighted by atomic mass is 35.5. The molecular formula is C15H14Cl2F3N3O. The van der Waals surface area contributed by atoms with E-state index in [1.54, 1.807) is 7.05 Å². The molecule has 1 aromatic heterocycles. The molecule has 1 N–H and O–H groups in total. The van der Waals surface area contributed by atoms with Crippen molar-refractivity contribution in [3.05, 3.63) is 45.2 Å². The quantitative estimate of drug-likeness (QED) is 0.816. The second-order valence-electron chi connectivity index (χ2n) is 5.13. The number of amides is 1. The second kappa shape index (κ2) is 7.03. The van der Waals surface area contributed by atoms with Gasteiger partial charge < -0.3 is 5.32 Å².